The predicted molar refractivity (Wildman–Crippen MR) is 116 cm³/mol. The molecule has 3 heterocycles. The van der Waals surface area contributed by atoms with Gasteiger partial charge in [0.2, 0.25) is 12.7 Å². The van der Waals surface area contributed by atoms with Gasteiger partial charge in [-0.2, -0.15) is 5.10 Å². The van der Waals surface area contributed by atoms with Crippen LogP contribution in [0.1, 0.15) is 5.56 Å². The van der Waals surface area contributed by atoms with Crippen LogP contribution >= 0.6 is 0 Å². The minimum absolute atomic E-state index is 0.0943. The average Bonchev–Trinajstić information content (AvgIpc) is 3.47. The van der Waals surface area contributed by atoms with Gasteiger partial charge in [0.05, 0.1) is 12.8 Å². The molecule has 1 aliphatic heterocycles. The van der Waals surface area contributed by atoms with Crippen molar-refractivity contribution in [2.24, 2.45) is 0 Å². The summed E-state index contributed by atoms with van der Waals surface area (Å²) in [4.78, 5) is 25.3. The van der Waals surface area contributed by atoms with Gasteiger partial charge in [0.25, 0.3) is 5.56 Å². The van der Waals surface area contributed by atoms with Gasteiger partial charge in [-0.1, -0.05) is 6.07 Å². The molecule has 0 radical (unpaired) electrons. The number of amides is 1. The molecule has 0 spiro atoms. The summed E-state index contributed by atoms with van der Waals surface area (Å²) < 4.78 is 18.7. The molecule has 0 unspecified atom stereocenters. The highest BCUT2D eigenvalue weighted by atomic mass is 16.7. The van der Waals surface area contributed by atoms with Crippen LogP contribution in [0.25, 0.3) is 16.8 Å². The summed E-state index contributed by atoms with van der Waals surface area (Å²) in [5.74, 6) is 1.82. The summed E-state index contributed by atoms with van der Waals surface area (Å²) in [6, 6.07) is 14.6. The molecular formula is C23H20N4O5. The van der Waals surface area contributed by atoms with E-state index in [1.165, 1.54) is 9.08 Å². The topological polar surface area (TPSA) is 96.1 Å². The predicted octanol–water partition coefficient (Wildman–Crippen LogP) is 2.22. The van der Waals surface area contributed by atoms with E-state index < -0.39 is 0 Å². The molecule has 32 heavy (non-hydrogen) atoms. The number of hydrogen-bond donors (Lipinski definition) is 1. The quantitative estimate of drug-likeness (QED) is 0.502. The van der Waals surface area contributed by atoms with Crippen molar-refractivity contribution in [1.82, 2.24) is 19.5 Å². The zero-order valence-electron chi connectivity index (χ0n) is 17.3. The normalized spacial score (nSPS) is 12.2. The van der Waals surface area contributed by atoms with Gasteiger partial charge in [-0.15, -0.1) is 0 Å². The van der Waals surface area contributed by atoms with Gasteiger partial charge in [-0.25, -0.2) is 4.52 Å². The van der Waals surface area contributed by atoms with E-state index in [0.717, 1.165) is 16.9 Å². The van der Waals surface area contributed by atoms with Crippen molar-refractivity contribution in [2.75, 3.05) is 13.9 Å². The van der Waals surface area contributed by atoms with Crippen LogP contribution in [0, 0.1) is 0 Å². The third-order valence-electron chi connectivity index (χ3n) is 5.23. The van der Waals surface area contributed by atoms with Crippen LogP contribution in [0.5, 0.6) is 17.2 Å². The number of nitrogens with one attached hydrogen (secondary N) is 1. The lowest BCUT2D eigenvalue weighted by molar-refractivity contribution is -0.121. The number of aromatic nitrogens is 3. The fourth-order valence-electron chi connectivity index (χ4n) is 3.52. The van der Waals surface area contributed by atoms with Gasteiger partial charge >= 0.3 is 0 Å². The van der Waals surface area contributed by atoms with Gasteiger partial charge in [-0.3, -0.25) is 9.59 Å². The Hall–Kier alpha value is -4.27. The Morgan fingerprint density at radius 3 is 2.72 bits per heavy atom. The summed E-state index contributed by atoms with van der Waals surface area (Å²) in [5.41, 5.74) is 2.50. The molecule has 2 aromatic heterocycles. The Morgan fingerprint density at radius 1 is 1.09 bits per heavy atom. The number of methoxy groups -OCH3 is 1. The van der Waals surface area contributed by atoms with Gasteiger partial charge < -0.3 is 24.1 Å². The third-order valence-corrected chi connectivity index (χ3v) is 5.23. The number of nitrogens with zero attached hydrogens (tertiary/aromatic N) is 3. The van der Waals surface area contributed by atoms with Crippen molar-refractivity contribution < 1.29 is 19.0 Å². The Morgan fingerprint density at radius 2 is 1.91 bits per heavy atom. The van der Waals surface area contributed by atoms with E-state index in [-0.39, 0.29) is 24.8 Å². The molecule has 0 fully saturated rings. The van der Waals surface area contributed by atoms with Crippen LogP contribution in [-0.4, -0.2) is 34.0 Å². The maximum absolute atomic E-state index is 12.9. The lowest BCUT2D eigenvalue weighted by Gasteiger charge is -2.08. The Balaban J connectivity index is 1.30. The van der Waals surface area contributed by atoms with Crippen molar-refractivity contribution in [2.45, 2.75) is 13.1 Å². The molecule has 5 rings (SSSR count). The molecule has 9 heteroatoms. The smallest absolute Gasteiger partial charge is 0.277 e. The molecule has 4 aromatic rings. The average molecular weight is 432 g/mol. The number of carbonyl (C=O) groups excluding carboxylic acids is 1. The van der Waals surface area contributed by atoms with Crippen LogP contribution in [0.4, 0.5) is 0 Å². The molecule has 0 bridgehead atoms. The van der Waals surface area contributed by atoms with Crippen LogP contribution in [0.2, 0.25) is 0 Å². The Bertz CT molecular complexity index is 1360. The van der Waals surface area contributed by atoms with Crippen molar-refractivity contribution in [3.05, 3.63) is 76.8 Å². The zero-order valence-corrected chi connectivity index (χ0v) is 17.3. The standard InChI is InChI=1S/C23H20N4O5/c1-30-17-5-3-16(4-6-17)18-11-19-23(29)26(8-9-27(19)25-18)13-22(28)24-12-15-2-7-20-21(10-15)32-14-31-20/h2-11H,12-14H2,1H3,(H,24,28). The Labute approximate surface area is 182 Å². The maximum Gasteiger partial charge on any atom is 0.277 e. The van der Waals surface area contributed by atoms with Gasteiger partial charge in [-0.05, 0) is 48.0 Å². The highest BCUT2D eigenvalue weighted by Gasteiger charge is 2.14. The molecule has 162 valence electrons. The largest absolute Gasteiger partial charge is 0.497 e. The van der Waals surface area contributed by atoms with E-state index in [4.69, 9.17) is 14.2 Å². The van der Waals surface area contributed by atoms with Crippen molar-refractivity contribution in [1.29, 1.82) is 0 Å². The third kappa shape index (κ3) is 3.76. The molecule has 0 atom stereocenters. The molecule has 1 N–H and O–H groups in total. The lowest BCUT2D eigenvalue weighted by atomic mass is 10.1. The minimum Gasteiger partial charge on any atom is -0.497 e. The lowest BCUT2D eigenvalue weighted by Crippen LogP contribution is -2.32. The Kier molecular flexibility index (Phi) is 4.98. The van der Waals surface area contributed by atoms with Crippen molar-refractivity contribution >= 4 is 11.4 Å². The summed E-state index contributed by atoms with van der Waals surface area (Å²) in [5, 5.41) is 7.29. The highest BCUT2D eigenvalue weighted by Crippen LogP contribution is 2.32. The summed E-state index contributed by atoms with van der Waals surface area (Å²) in [6.07, 6.45) is 3.22. The van der Waals surface area contributed by atoms with E-state index >= 15 is 0 Å². The number of fused-ring (bicyclic) bond motifs is 2. The van der Waals surface area contributed by atoms with E-state index in [1.807, 2.05) is 42.5 Å². The van der Waals surface area contributed by atoms with E-state index in [0.29, 0.717) is 29.3 Å². The van der Waals surface area contributed by atoms with Crippen LogP contribution in [0.15, 0.2) is 65.7 Å². The first-order valence-electron chi connectivity index (χ1n) is 9.99. The van der Waals surface area contributed by atoms with Crippen molar-refractivity contribution in [3.8, 4) is 28.5 Å². The van der Waals surface area contributed by atoms with Crippen LogP contribution in [-0.2, 0) is 17.9 Å². The summed E-state index contributed by atoms with van der Waals surface area (Å²) >= 11 is 0. The molecule has 1 amide bonds. The minimum atomic E-state index is -0.294. The second kappa shape index (κ2) is 8.10. The molecule has 0 saturated carbocycles. The van der Waals surface area contributed by atoms with E-state index in [9.17, 15) is 9.59 Å². The fraction of sp³-hybridized carbons (Fsp3) is 0.174. The summed E-state index contributed by atoms with van der Waals surface area (Å²) in [7, 11) is 1.60. The van der Waals surface area contributed by atoms with Crippen LogP contribution < -0.4 is 25.1 Å². The van der Waals surface area contributed by atoms with Gasteiger partial charge in [0, 0.05) is 24.5 Å². The highest BCUT2D eigenvalue weighted by molar-refractivity contribution is 5.76. The summed E-state index contributed by atoms with van der Waals surface area (Å²) in [6.45, 7) is 0.426. The number of hydrogen-bond acceptors (Lipinski definition) is 6. The first-order valence-corrected chi connectivity index (χ1v) is 9.99. The number of rotatable bonds is 6. The second-order valence-corrected chi connectivity index (χ2v) is 7.28. The first kappa shape index (κ1) is 19.7. The van der Waals surface area contributed by atoms with E-state index in [2.05, 4.69) is 10.4 Å². The number of benzene rings is 2. The molecular weight excluding hydrogens is 412 g/mol. The van der Waals surface area contributed by atoms with Gasteiger partial charge in [0.15, 0.2) is 11.5 Å². The fourth-order valence-corrected chi connectivity index (χ4v) is 3.52. The monoisotopic (exact) mass is 432 g/mol. The number of carbonyl (C=O) groups is 1. The van der Waals surface area contributed by atoms with Gasteiger partial charge in [0.1, 0.15) is 17.8 Å². The maximum atomic E-state index is 12.9. The molecule has 1 aliphatic rings. The van der Waals surface area contributed by atoms with E-state index in [1.54, 1.807) is 25.6 Å². The molecule has 9 nitrogen and oxygen atoms in total. The van der Waals surface area contributed by atoms with Crippen molar-refractivity contribution in [3.63, 3.8) is 0 Å². The molecule has 2 aromatic carbocycles. The number of ether oxygens (including phenoxy) is 3. The molecule has 0 aliphatic carbocycles. The first-order chi connectivity index (χ1) is 15.6. The van der Waals surface area contributed by atoms with Crippen LogP contribution in [0.3, 0.4) is 0 Å². The zero-order chi connectivity index (χ0) is 22.1. The SMILES string of the molecule is COc1ccc(-c2cc3c(=O)n(CC(=O)NCc4ccc5c(c4)OCO5)ccn3n2)cc1. The second-order valence-electron chi connectivity index (χ2n) is 7.28. The molecule has 0 saturated heterocycles.